The number of hydrazone groups is 1. The second kappa shape index (κ2) is 10.5. The monoisotopic (exact) mass is 489 g/mol. The standard InChI is InChI=1S/C23H21ClFN3O4S/c1-16-7-10-19(11-8-16)33(30,31)28(21-13-18(24)9-12-22(21)32-2)15-23(29)27-26-14-17-5-3-4-6-20(17)25/h3-14H,15H2,1-2H3,(H,27,29)/b26-14-. The zero-order valence-electron chi connectivity index (χ0n) is 17.8. The van der Waals surface area contributed by atoms with Crippen LogP contribution < -0.4 is 14.5 Å². The molecule has 0 aromatic heterocycles. The molecular formula is C23H21ClFN3O4S. The van der Waals surface area contributed by atoms with Crippen molar-refractivity contribution in [3.05, 3.63) is 88.7 Å². The first-order chi connectivity index (χ1) is 15.7. The predicted molar refractivity (Wildman–Crippen MR) is 126 cm³/mol. The van der Waals surface area contributed by atoms with Crippen LogP contribution in [0.3, 0.4) is 0 Å². The molecule has 0 spiro atoms. The topological polar surface area (TPSA) is 88.1 Å². The van der Waals surface area contributed by atoms with Crippen LogP contribution in [0.5, 0.6) is 5.75 Å². The Kier molecular flexibility index (Phi) is 7.67. The van der Waals surface area contributed by atoms with Crippen LogP contribution in [-0.4, -0.2) is 34.2 Å². The van der Waals surface area contributed by atoms with E-state index in [9.17, 15) is 17.6 Å². The quantitative estimate of drug-likeness (QED) is 0.380. The Morgan fingerprint density at radius 1 is 1.15 bits per heavy atom. The van der Waals surface area contributed by atoms with Crippen LogP contribution in [-0.2, 0) is 14.8 Å². The second-order valence-electron chi connectivity index (χ2n) is 6.96. The van der Waals surface area contributed by atoms with Gasteiger partial charge in [0, 0.05) is 10.6 Å². The van der Waals surface area contributed by atoms with Gasteiger partial charge in [0.15, 0.2) is 0 Å². The lowest BCUT2D eigenvalue weighted by molar-refractivity contribution is -0.119. The average molecular weight is 490 g/mol. The summed E-state index contributed by atoms with van der Waals surface area (Å²) in [4.78, 5) is 12.6. The number of amides is 1. The number of ether oxygens (including phenoxy) is 1. The summed E-state index contributed by atoms with van der Waals surface area (Å²) in [7, 11) is -2.80. The van der Waals surface area contributed by atoms with Crippen molar-refractivity contribution in [2.24, 2.45) is 5.10 Å². The van der Waals surface area contributed by atoms with Gasteiger partial charge in [0.25, 0.3) is 15.9 Å². The van der Waals surface area contributed by atoms with Crippen molar-refractivity contribution < 1.29 is 22.3 Å². The van der Waals surface area contributed by atoms with E-state index in [2.05, 4.69) is 10.5 Å². The predicted octanol–water partition coefficient (Wildman–Crippen LogP) is 4.14. The fourth-order valence-electron chi connectivity index (χ4n) is 2.91. The number of aryl methyl sites for hydroxylation is 1. The second-order valence-corrected chi connectivity index (χ2v) is 9.25. The Morgan fingerprint density at radius 3 is 2.52 bits per heavy atom. The first kappa shape index (κ1) is 24.2. The van der Waals surface area contributed by atoms with Gasteiger partial charge in [-0.2, -0.15) is 5.10 Å². The largest absolute Gasteiger partial charge is 0.495 e. The fourth-order valence-corrected chi connectivity index (χ4v) is 4.50. The molecule has 0 atom stereocenters. The molecule has 3 rings (SSSR count). The average Bonchev–Trinajstić information content (AvgIpc) is 2.79. The zero-order chi connectivity index (χ0) is 24.0. The molecule has 1 N–H and O–H groups in total. The number of carbonyl (C=O) groups is 1. The summed E-state index contributed by atoms with van der Waals surface area (Å²) in [5.41, 5.74) is 3.35. The molecule has 0 fully saturated rings. The number of anilines is 1. The third-order valence-corrected chi connectivity index (χ3v) is 6.61. The summed E-state index contributed by atoms with van der Waals surface area (Å²) < 4.78 is 46.8. The van der Waals surface area contributed by atoms with Crippen LogP contribution in [0.15, 0.2) is 76.7 Å². The number of methoxy groups -OCH3 is 1. The van der Waals surface area contributed by atoms with E-state index in [4.69, 9.17) is 16.3 Å². The zero-order valence-corrected chi connectivity index (χ0v) is 19.4. The first-order valence-corrected chi connectivity index (χ1v) is 11.5. The summed E-state index contributed by atoms with van der Waals surface area (Å²) >= 11 is 6.10. The van der Waals surface area contributed by atoms with Crippen LogP contribution in [0.2, 0.25) is 5.02 Å². The minimum atomic E-state index is -4.18. The lowest BCUT2D eigenvalue weighted by atomic mass is 10.2. The highest BCUT2D eigenvalue weighted by atomic mass is 35.5. The molecule has 3 aromatic rings. The Morgan fingerprint density at radius 2 is 1.85 bits per heavy atom. The van der Waals surface area contributed by atoms with Gasteiger partial charge in [0.1, 0.15) is 18.1 Å². The number of hydrogen-bond acceptors (Lipinski definition) is 5. The van der Waals surface area contributed by atoms with E-state index in [1.165, 1.54) is 49.6 Å². The lowest BCUT2D eigenvalue weighted by Crippen LogP contribution is -2.39. The molecule has 3 aromatic carbocycles. The van der Waals surface area contributed by atoms with Gasteiger partial charge >= 0.3 is 0 Å². The van der Waals surface area contributed by atoms with E-state index in [0.717, 1.165) is 16.1 Å². The highest BCUT2D eigenvalue weighted by Gasteiger charge is 2.29. The van der Waals surface area contributed by atoms with E-state index < -0.39 is 28.3 Å². The normalized spacial score (nSPS) is 11.4. The van der Waals surface area contributed by atoms with Crippen molar-refractivity contribution in [3.8, 4) is 5.75 Å². The Hall–Kier alpha value is -3.43. The molecule has 33 heavy (non-hydrogen) atoms. The van der Waals surface area contributed by atoms with E-state index in [-0.39, 0.29) is 26.9 Å². The van der Waals surface area contributed by atoms with Gasteiger partial charge in [0.05, 0.1) is 23.9 Å². The number of hydrogen-bond donors (Lipinski definition) is 1. The number of sulfonamides is 1. The molecule has 1 amide bonds. The minimum Gasteiger partial charge on any atom is -0.495 e. The van der Waals surface area contributed by atoms with Crippen molar-refractivity contribution in [1.82, 2.24) is 5.43 Å². The van der Waals surface area contributed by atoms with Crippen molar-refractivity contribution in [2.75, 3.05) is 18.0 Å². The van der Waals surface area contributed by atoms with Gasteiger partial charge in [-0.25, -0.2) is 18.2 Å². The van der Waals surface area contributed by atoms with Gasteiger partial charge in [0.2, 0.25) is 0 Å². The third kappa shape index (κ3) is 5.88. The summed E-state index contributed by atoms with van der Waals surface area (Å²) in [5, 5.41) is 3.99. The molecule has 0 bridgehead atoms. The van der Waals surface area contributed by atoms with Crippen molar-refractivity contribution >= 4 is 39.4 Å². The lowest BCUT2D eigenvalue weighted by Gasteiger charge is -2.25. The number of nitrogens with one attached hydrogen (secondary N) is 1. The van der Waals surface area contributed by atoms with Gasteiger partial charge in [-0.15, -0.1) is 0 Å². The molecule has 0 saturated heterocycles. The molecule has 10 heteroatoms. The van der Waals surface area contributed by atoms with Gasteiger partial charge in [-0.1, -0.05) is 47.5 Å². The number of benzene rings is 3. The molecule has 0 aliphatic heterocycles. The van der Waals surface area contributed by atoms with Crippen molar-refractivity contribution in [1.29, 1.82) is 0 Å². The maximum Gasteiger partial charge on any atom is 0.264 e. The molecule has 0 heterocycles. The maximum absolute atomic E-state index is 13.7. The number of carbonyl (C=O) groups excluding carboxylic acids is 1. The SMILES string of the molecule is COc1ccc(Cl)cc1N(CC(=O)N/N=C\c1ccccc1F)S(=O)(=O)c1ccc(C)cc1. The van der Waals surface area contributed by atoms with Crippen LogP contribution >= 0.6 is 11.6 Å². The summed E-state index contributed by atoms with van der Waals surface area (Å²) in [6.07, 6.45) is 1.13. The minimum absolute atomic E-state index is 0.0159. The molecule has 0 radical (unpaired) electrons. The Bertz CT molecular complexity index is 1280. The van der Waals surface area contributed by atoms with Gasteiger partial charge < -0.3 is 4.74 Å². The molecule has 0 aliphatic rings. The molecular weight excluding hydrogens is 469 g/mol. The fraction of sp³-hybridized carbons (Fsp3) is 0.130. The van der Waals surface area contributed by atoms with Crippen LogP contribution in [0.1, 0.15) is 11.1 Å². The van der Waals surface area contributed by atoms with E-state index >= 15 is 0 Å². The molecule has 0 unspecified atom stereocenters. The summed E-state index contributed by atoms with van der Waals surface area (Å²) in [6, 6.07) is 16.5. The van der Waals surface area contributed by atoms with Gasteiger partial charge in [-0.05, 0) is 43.3 Å². The van der Waals surface area contributed by atoms with E-state index in [0.29, 0.717) is 0 Å². The van der Waals surface area contributed by atoms with E-state index in [1.807, 2.05) is 6.92 Å². The maximum atomic E-state index is 13.7. The third-order valence-electron chi connectivity index (χ3n) is 4.60. The number of halogens is 2. The summed E-state index contributed by atoms with van der Waals surface area (Å²) in [6.45, 7) is 1.21. The van der Waals surface area contributed by atoms with Crippen LogP contribution in [0.4, 0.5) is 10.1 Å². The Labute approximate surface area is 196 Å². The molecule has 172 valence electrons. The molecule has 0 aliphatic carbocycles. The van der Waals surface area contributed by atoms with Gasteiger partial charge in [-0.3, -0.25) is 9.10 Å². The highest BCUT2D eigenvalue weighted by molar-refractivity contribution is 7.92. The molecule has 0 saturated carbocycles. The molecule has 7 nitrogen and oxygen atoms in total. The smallest absolute Gasteiger partial charge is 0.264 e. The number of rotatable bonds is 8. The van der Waals surface area contributed by atoms with E-state index in [1.54, 1.807) is 24.3 Å². The highest BCUT2D eigenvalue weighted by Crippen LogP contribution is 2.34. The number of nitrogens with zero attached hydrogens (tertiary/aromatic N) is 2. The summed E-state index contributed by atoms with van der Waals surface area (Å²) in [5.74, 6) is -1.05. The Balaban J connectivity index is 1.94. The first-order valence-electron chi connectivity index (χ1n) is 9.72. The van der Waals surface area contributed by atoms with Crippen LogP contribution in [0.25, 0.3) is 0 Å². The van der Waals surface area contributed by atoms with Crippen molar-refractivity contribution in [2.45, 2.75) is 11.8 Å². The van der Waals surface area contributed by atoms with Crippen molar-refractivity contribution in [3.63, 3.8) is 0 Å². The van der Waals surface area contributed by atoms with Crippen LogP contribution in [0, 0.1) is 12.7 Å².